The van der Waals surface area contributed by atoms with E-state index in [1.165, 1.54) is 5.69 Å². The van der Waals surface area contributed by atoms with Crippen molar-refractivity contribution in [3.05, 3.63) is 24.3 Å². The summed E-state index contributed by atoms with van der Waals surface area (Å²) in [5.74, 6) is 1.11. The summed E-state index contributed by atoms with van der Waals surface area (Å²) >= 11 is 0. The van der Waals surface area contributed by atoms with Crippen LogP contribution in [0.15, 0.2) is 24.3 Å². The summed E-state index contributed by atoms with van der Waals surface area (Å²) < 4.78 is 5.17. The van der Waals surface area contributed by atoms with Gasteiger partial charge in [-0.15, -0.1) is 0 Å². The topological polar surface area (TPSA) is 44.8 Å². The minimum Gasteiger partial charge on any atom is -0.497 e. The molecule has 1 aromatic rings. The van der Waals surface area contributed by atoms with E-state index in [2.05, 4.69) is 22.3 Å². The number of hydrogen-bond donors (Lipinski definition) is 1. The van der Waals surface area contributed by atoms with Gasteiger partial charge >= 0.3 is 0 Å². The number of carbonyl (C=O) groups excluding carboxylic acids is 1. The van der Waals surface area contributed by atoms with Crippen LogP contribution in [0.2, 0.25) is 0 Å². The highest BCUT2D eigenvalue weighted by atomic mass is 16.5. The average Bonchev–Trinajstić information content (AvgIpc) is 2.53. The summed E-state index contributed by atoms with van der Waals surface area (Å²) in [7, 11) is 3.54. The normalized spacial score (nSPS) is 15.3. The molecule has 1 amide bonds. The SMILES string of the molecule is CNCCC(=O)N1CCN(c2ccc(OC)cc2)CC1. The van der Waals surface area contributed by atoms with E-state index < -0.39 is 0 Å². The molecule has 1 saturated heterocycles. The van der Waals surface area contributed by atoms with Gasteiger partial charge in [0.15, 0.2) is 0 Å². The van der Waals surface area contributed by atoms with Crippen molar-refractivity contribution in [1.29, 1.82) is 0 Å². The van der Waals surface area contributed by atoms with Gasteiger partial charge < -0.3 is 19.9 Å². The monoisotopic (exact) mass is 277 g/mol. The number of methoxy groups -OCH3 is 1. The number of carbonyl (C=O) groups is 1. The van der Waals surface area contributed by atoms with Crippen molar-refractivity contribution in [3.63, 3.8) is 0 Å². The van der Waals surface area contributed by atoms with Crippen molar-refractivity contribution in [3.8, 4) is 5.75 Å². The van der Waals surface area contributed by atoms with Crippen LogP contribution < -0.4 is 15.0 Å². The largest absolute Gasteiger partial charge is 0.497 e. The van der Waals surface area contributed by atoms with Crippen LogP contribution in [0.4, 0.5) is 5.69 Å². The van der Waals surface area contributed by atoms with Gasteiger partial charge in [0.1, 0.15) is 5.75 Å². The number of amides is 1. The Hall–Kier alpha value is -1.75. The first kappa shape index (κ1) is 14.7. The molecule has 2 rings (SSSR count). The molecule has 0 unspecified atom stereocenters. The molecule has 5 heteroatoms. The highest BCUT2D eigenvalue weighted by Gasteiger charge is 2.20. The number of hydrogen-bond acceptors (Lipinski definition) is 4. The summed E-state index contributed by atoms with van der Waals surface area (Å²) in [6.07, 6.45) is 0.582. The predicted octanol–water partition coefficient (Wildman–Crippen LogP) is 0.953. The van der Waals surface area contributed by atoms with Crippen molar-refractivity contribution >= 4 is 11.6 Å². The van der Waals surface area contributed by atoms with E-state index in [1.807, 2.05) is 24.1 Å². The first-order valence-corrected chi connectivity index (χ1v) is 7.06. The molecule has 1 N–H and O–H groups in total. The number of anilines is 1. The third kappa shape index (κ3) is 3.63. The van der Waals surface area contributed by atoms with Crippen LogP contribution in [0.5, 0.6) is 5.75 Å². The molecule has 1 aromatic carbocycles. The molecule has 0 aliphatic carbocycles. The van der Waals surface area contributed by atoms with Gasteiger partial charge in [-0.3, -0.25) is 4.79 Å². The lowest BCUT2D eigenvalue weighted by molar-refractivity contribution is -0.131. The number of ether oxygens (including phenoxy) is 1. The smallest absolute Gasteiger partial charge is 0.223 e. The molecular weight excluding hydrogens is 254 g/mol. The number of rotatable bonds is 5. The number of benzene rings is 1. The lowest BCUT2D eigenvalue weighted by Crippen LogP contribution is -2.49. The van der Waals surface area contributed by atoms with Crippen LogP contribution in [0.3, 0.4) is 0 Å². The van der Waals surface area contributed by atoms with Crippen LogP contribution in [0.25, 0.3) is 0 Å². The van der Waals surface area contributed by atoms with Crippen molar-refractivity contribution < 1.29 is 9.53 Å². The van der Waals surface area contributed by atoms with Gasteiger partial charge in [-0.1, -0.05) is 0 Å². The fourth-order valence-electron chi connectivity index (χ4n) is 2.40. The van der Waals surface area contributed by atoms with Gasteiger partial charge in [-0.05, 0) is 31.3 Å². The molecule has 20 heavy (non-hydrogen) atoms. The maximum absolute atomic E-state index is 11.9. The molecule has 5 nitrogen and oxygen atoms in total. The zero-order chi connectivity index (χ0) is 14.4. The van der Waals surface area contributed by atoms with Crippen LogP contribution >= 0.6 is 0 Å². The minimum absolute atomic E-state index is 0.244. The Morgan fingerprint density at radius 1 is 1.20 bits per heavy atom. The lowest BCUT2D eigenvalue weighted by Gasteiger charge is -2.36. The predicted molar refractivity (Wildman–Crippen MR) is 80.3 cm³/mol. The fourth-order valence-corrected chi connectivity index (χ4v) is 2.40. The average molecular weight is 277 g/mol. The van der Waals surface area contributed by atoms with E-state index in [0.717, 1.165) is 38.5 Å². The van der Waals surface area contributed by atoms with Crippen molar-refractivity contribution in [2.24, 2.45) is 0 Å². The molecule has 110 valence electrons. The Labute approximate surface area is 120 Å². The molecule has 0 spiro atoms. The molecule has 1 fully saturated rings. The number of piperazine rings is 1. The summed E-state index contributed by atoms with van der Waals surface area (Å²) in [6.45, 7) is 4.12. The molecule has 0 radical (unpaired) electrons. The molecule has 1 heterocycles. The van der Waals surface area contributed by atoms with Crippen LogP contribution in [-0.4, -0.2) is 57.7 Å². The molecular formula is C15H23N3O2. The van der Waals surface area contributed by atoms with E-state index >= 15 is 0 Å². The van der Waals surface area contributed by atoms with Crippen molar-refractivity contribution in [2.45, 2.75) is 6.42 Å². The van der Waals surface area contributed by atoms with E-state index in [-0.39, 0.29) is 5.91 Å². The summed E-state index contributed by atoms with van der Waals surface area (Å²) in [6, 6.07) is 8.08. The van der Waals surface area contributed by atoms with Gasteiger partial charge in [0.05, 0.1) is 7.11 Å². The minimum atomic E-state index is 0.244. The van der Waals surface area contributed by atoms with Gasteiger partial charge in [0.25, 0.3) is 0 Å². The quantitative estimate of drug-likeness (QED) is 0.870. The van der Waals surface area contributed by atoms with Gasteiger partial charge in [-0.2, -0.15) is 0 Å². The maximum Gasteiger partial charge on any atom is 0.223 e. The first-order valence-electron chi connectivity index (χ1n) is 7.06. The second-order valence-electron chi connectivity index (χ2n) is 4.92. The molecule has 0 aromatic heterocycles. The van der Waals surface area contributed by atoms with E-state index in [9.17, 15) is 4.79 Å². The number of nitrogens with zero attached hydrogens (tertiary/aromatic N) is 2. The summed E-state index contributed by atoms with van der Waals surface area (Å²) in [5.41, 5.74) is 1.19. The summed E-state index contributed by atoms with van der Waals surface area (Å²) in [4.78, 5) is 16.2. The van der Waals surface area contributed by atoms with Crippen LogP contribution in [0, 0.1) is 0 Å². The maximum atomic E-state index is 11.9. The number of nitrogens with one attached hydrogen (secondary N) is 1. The molecule has 0 bridgehead atoms. The van der Waals surface area contributed by atoms with Gasteiger partial charge in [0.2, 0.25) is 5.91 Å². The molecule has 1 aliphatic rings. The third-order valence-electron chi connectivity index (χ3n) is 3.66. The Kier molecular flexibility index (Phi) is 5.24. The van der Waals surface area contributed by atoms with Gasteiger partial charge in [0, 0.05) is 44.8 Å². The lowest BCUT2D eigenvalue weighted by atomic mass is 10.2. The van der Waals surface area contributed by atoms with Crippen LogP contribution in [0.1, 0.15) is 6.42 Å². The zero-order valence-corrected chi connectivity index (χ0v) is 12.3. The molecule has 0 atom stereocenters. The van der Waals surface area contributed by atoms with E-state index in [1.54, 1.807) is 7.11 Å². The Balaban J connectivity index is 1.85. The van der Waals surface area contributed by atoms with E-state index in [0.29, 0.717) is 6.42 Å². The Morgan fingerprint density at radius 2 is 1.85 bits per heavy atom. The second-order valence-corrected chi connectivity index (χ2v) is 4.92. The van der Waals surface area contributed by atoms with Crippen molar-refractivity contribution in [2.75, 3.05) is 51.8 Å². The third-order valence-corrected chi connectivity index (χ3v) is 3.66. The molecule has 1 aliphatic heterocycles. The fraction of sp³-hybridized carbons (Fsp3) is 0.533. The molecule has 0 saturated carbocycles. The van der Waals surface area contributed by atoms with Crippen molar-refractivity contribution in [1.82, 2.24) is 10.2 Å². The van der Waals surface area contributed by atoms with Gasteiger partial charge in [-0.25, -0.2) is 0 Å². The first-order chi connectivity index (χ1) is 9.74. The Morgan fingerprint density at radius 3 is 2.40 bits per heavy atom. The van der Waals surface area contributed by atoms with E-state index in [4.69, 9.17) is 4.74 Å². The second kappa shape index (κ2) is 7.14. The zero-order valence-electron chi connectivity index (χ0n) is 12.3. The Bertz CT molecular complexity index is 425. The highest BCUT2D eigenvalue weighted by Crippen LogP contribution is 2.20. The highest BCUT2D eigenvalue weighted by molar-refractivity contribution is 5.76. The van der Waals surface area contributed by atoms with Crippen LogP contribution in [-0.2, 0) is 4.79 Å². The summed E-state index contributed by atoms with van der Waals surface area (Å²) in [5, 5.41) is 3.01. The standard InChI is InChI=1S/C15H23N3O2/c1-16-8-7-15(19)18-11-9-17(10-12-18)13-3-5-14(20-2)6-4-13/h3-6,16H,7-12H2,1-2H3.